The first kappa shape index (κ1) is 13.4. The summed E-state index contributed by atoms with van der Waals surface area (Å²) in [5.74, 6) is 5.77. The van der Waals surface area contributed by atoms with Crippen LogP contribution in [0.15, 0.2) is 18.2 Å². The van der Waals surface area contributed by atoms with Crippen LogP contribution in [0.4, 0.5) is 0 Å². The SMILES string of the molecule is CC(=O)SCCC#Cc1ccc2c(c1)C(=O)NC2=O. The topological polar surface area (TPSA) is 63.2 Å². The zero-order valence-electron chi connectivity index (χ0n) is 10.3. The molecular formula is C14H11NO3S. The number of imide groups is 1. The molecular weight excluding hydrogens is 262 g/mol. The van der Waals surface area contributed by atoms with E-state index in [4.69, 9.17) is 0 Å². The van der Waals surface area contributed by atoms with E-state index in [9.17, 15) is 14.4 Å². The zero-order valence-corrected chi connectivity index (χ0v) is 11.1. The maximum atomic E-state index is 11.5. The van der Waals surface area contributed by atoms with Gasteiger partial charge in [-0.2, -0.15) is 0 Å². The van der Waals surface area contributed by atoms with Gasteiger partial charge < -0.3 is 0 Å². The number of amides is 2. The highest BCUT2D eigenvalue weighted by Crippen LogP contribution is 2.16. The third-order valence-electron chi connectivity index (χ3n) is 2.50. The first-order chi connectivity index (χ1) is 9.08. The van der Waals surface area contributed by atoms with Gasteiger partial charge in [-0.15, -0.1) is 0 Å². The Morgan fingerprint density at radius 1 is 1.26 bits per heavy atom. The molecule has 0 radical (unpaired) electrons. The third kappa shape index (κ3) is 3.24. The number of nitrogens with one attached hydrogen (secondary N) is 1. The highest BCUT2D eigenvalue weighted by molar-refractivity contribution is 8.13. The summed E-state index contributed by atoms with van der Waals surface area (Å²) in [6, 6.07) is 4.92. The van der Waals surface area contributed by atoms with Crippen LogP contribution in [0.3, 0.4) is 0 Å². The number of rotatable bonds is 2. The summed E-state index contributed by atoms with van der Waals surface area (Å²) in [4.78, 5) is 33.5. The van der Waals surface area contributed by atoms with Gasteiger partial charge in [0.2, 0.25) is 0 Å². The van der Waals surface area contributed by atoms with E-state index in [2.05, 4.69) is 17.2 Å². The molecule has 2 amide bonds. The van der Waals surface area contributed by atoms with Crippen LogP contribution in [-0.4, -0.2) is 22.7 Å². The summed E-state index contributed by atoms with van der Waals surface area (Å²) >= 11 is 1.24. The van der Waals surface area contributed by atoms with Crippen LogP contribution >= 0.6 is 11.8 Å². The van der Waals surface area contributed by atoms with Gasteiger partial charge in [0.25, 0.3) is 11.8 Å². The maximum Gasteiger partial charge on any atom is 0.258 e. The van der Waals surface area contributed by atoms with E-state index in [0.29, 0.717) is 28.9 Å². The minimum absolute atomic E-state index is 0.0783. The fourth-order valence-electron chi connectivity index (χ4n) is 1.66. The largest absolute Gasteiger partial charge is 0.288 e. The monoisotopic (exact) mass is 273 g/mol. The lowest BCUT2D eigenvalue weighted by Crippen LogP contribution is -2.19. The van der Waals surface area contributed by atoms with Crippen molar-refractivity contribution < 1.29 is 14.4 Å². The maximum absolute atomic E-state index is 11.5. The molecule has 0 fully saturated rings. The molecule has 0 aromatic heterocycles. The Morgan fingerprint density at radius 3 is 2.74 bits per heavy atom. The molecule has 4 nitrogen and oxygen atoms in total. The first-order valence-electron chi connectivity index (χ1n) is 5.70. The molecule has 0 bridgehead atoms. The second-order valence-corrected chi connectivity index (χ2v) is 5.21. The highest BCUT2D eigenvalue weighted by atomic mass is 32.2. The van der Waals surface area contributed by atoms with Crippen LogP contribution in [0.25, 0.3) is 0 Å². The van der Waals surface area contributed by atoms with Gasteiger partial charge >= 0.3 is 0 Å². The number of fused-ring (bicyclic) bond motifs is 1. The van der Waals surface area contributed by atoms with Gasteiger partial charge in [-0.05, 0) is 18.2 Å². The van der Waals surface area contributed by atoms with Crippen molar-refractivity contribution in [3.05, 3.63) is 34.9 Å². The summed E-state index contributed by atoms with van der Waals surface area (Å²) in [7, 11) is 0. The van der Waals surface area contributed by atoms with Gasteiger partial charge in [-0.25, -0.2) is 0 Å². The molecule has 96 valence electrons. The molecule has 1 aromatic carbocycles. The fourth-order valence-corrected chi connectivity index (χ4v) is 2.15. The van der Waals surface area contributed by atoms with Gasteiger partial charge in [0.05, 0.1) is 11.1 Å². The van der Waals surface area contributed by atoms with E-state index in [1.807, 2.05) is 0 Å². The summed E-state index contributed by atoms with van der Waals surface area (Å²) < 4.78 is 0. The molecule has 0 spiro atoms. The van der Waals surface area contributed by atoms with Gasteiger partial charge in [-0.1, -0.05) is 23.6 Å². The normalized spacial score (nSPS) is 12.5. The minimum atomic E-state index is -0.379. The molecule has 1 aliphatic rings. The average molecular weight is 273 g/mol. The van der Waals surface area contributed by atoms with E-state index in [1.165, 1.54) is 18.7 Å². The van der Waals surface area contributed by atoms with E-state index in [1.54, 1.807) is 18.2 Å². The van der Waals surface area contributed by atoms with E-state index in [0.717, 1.165) is 0 Å². The lowest BCUT2D eigenvalue weighted by Gasteiger charge is -1.95. The molecule has 19 heavy (non-hydrogen) atoms. The van der Waals surface area contributed by atoms with E-state index in [-0.39, 0.29) is 16.9 Å². The van der Waals surface area contributed by atoms with Crippen LogP contribution in [0, 0.1) is 11.8 Å². The number of hydrogen-bond acceptors (Lipinski definition) is 4. The van der Waals surface area contributed by atoms with Crippen molar-refractivity contribution >= 4 is 28.7 Å². The summed E-state index contributed by atoms with van der Waals surface area (Å²) in [6.45, 7) is 1.52. The van der Waals surface area contributed by atoms with Crippen molar-refractivity contribution in [2.24, 2.45) is 0 Å². The summed E-state index contributed by atoms with van der Waals surface area (Å²) in [5.41, 5.74) is 1.45. The van der Waals surface area contributed by atoms with Gasteiger partial charge in [-0.3, -0.25) is 19.7 Å². The van der Waals surface area contributed by atoms with Crippen molar-refractivity contribution in [2.45, 2.75) is 13.3 Å². The number of thioether (sulfide) groups is 1. The Labute approximate surface area is 115 Å². The summed E-state index contributed by atoms with van der Waals surface area (Å²) in [6.07, 6.45) is 0.604. The summed E-state index contributed by atoms with van der Waals surface area (Å²) in [5, 5.41) is 2.31. The molecule has 0 saturated carbocycles. The van der Waals surface area contributed by atoms with Crippen LogP contribution < -0.4 is 5.32 Å². The van der Waals surface area contributed by atoms with Crippen molar-refractivity contribution in [1.82, 2.24) is 5.32 Å². The van der Waals surface area contributed by atoms with Gasteiger partial charge in [0.1, 0.15) is 0 Å². The molecule has 1 aliphatic heterocycles. The number of hydrogen-bond donors (Lipinski definition) is 1. The molecule has 0 unspecified atom stereocenters. The molecule has 0 atom stereocenters. The van der Waals surface area contributed by atoms with Crippen molar-refractivity contribution in [3.8, 4) is 11.8 Å². The van der Waals surface area contributed by atoms with Crippen molar-refractivity contribution in [1.29, 1.82) is 0 Å². The van der Waals surface area contributed by atoms with E-state index >= 15 is 0 Å². The fraction of sp³-hybridized carbons (Fsp3) is 0.214. The Balaban J connectivity index is 2.05. The number of carbonyl (C=O) groups is 3. The quantitative estimate of drug-likeness (QED) is 0.505. The van der Waals surface area contributed by atoms with Crippen LogP contribution in [0.1, 0.15) is 39.6 Å². The molecule has 5 heteroatoms. The molecule has 0 saturated heterocycles. The molecule has 1 heterocycles. The van der Waals surface area contributed by atoms with Crippen molar-refractivity contribution in [2.75, 3.05) is 5.75 Å². The second-order valence-electron chi connectivity index (χ2n) is 3.94. The Hall–Kier alpha value is -2.06. The number of carbonyl (C=O) groups excluding carboxylic acids is 3. The number of benzene rings is 1. The zero-order chi connectivity index (χ0) is 13.8. The average Bonchev–Trinajstić information content (AvgIpc) is 2.64. The van der Waals surface area contributed by atoms with Crippen LogP contribution in [0.5, 0.6) is 0 Å². The molecule has 2 rings (SSSR count). The molecule has 0 aliphatic carbocycles. The van der Waals surface area contributed by atoms with Gasteiger partial charge in [0, 0.05) is 24.7 Å². The second kappa shape index (κ2) is 5.72. The van der Waals surface area contributed by atoms with Crippen LogP contribution in [0.2, 0.25) is 0 Å². The smallest absolute Gasteiger partial charge is 0.258 e. The molecule has 1 N–H and O–H groups in total. The lowest BCUT2D eigenvalue weighted by atomic mass is 10.1. The highest BCUT2D eigenvalue weighted by Gasteiger charge is 2.26. The molecule has 1 aromatic rings. The Kier molecular flexibility index (Phi) is 4.03. The van der Waals surface area contributed by atoms with Gasteiger partial charge in [0.15, 0.2) is 5.12 Å². The predicted octanol–water partition coefficient (Wildman–Crippen LogP) is 1.59. The standard InChI is InChI=1S/C14H11NO3S/c1-9(16)19-7-3-2-4-10-5-6-11-12(8-10)14(18)15-13(11)17/h5-6,8H,3,7H2,1H3,(H,15,17,18). The van der Waals surface area contributed by atoms with E-state index < -0.39 is 0 Å². The first-order valence-corrected chi connectivity index (χ1v) is 6.68. The minimum Gasteiger partial charge on any atom is -0.288 e. The van der Waals surface area contributed by atoms with Crippen LogP contribution in [-0.2, 0) is 4.79 Å². The van der Waals surface area contributed by atoms with Crippen molar-refractivity contribution in [3.63, 3.8) is 0 Å². The Morgan fingerprint density at radius 2 is 2.00 bits per heavy atom. The lowest BCUT2D eigenvalue weighted by molar-refractivity contribution is -0.109. The Bertz CT molecular complexity index is 625. The predicted molar refractivity (Wildman–Crippen MR) is 72.9 cm³/mol. The third-order valence-corrected chi connectivity index (χ3v) is 3.32.